The highest BCUT2D eigenvalue weighted by Gasteiger charge is 2.16. The zero-order valence-corrected chi connectivity index (χ0v) is 19.2. The molecule has 3 heterocycles. The Morgan fingerprint density at radius 1 is 1.00 bits per heavy atom. The van der Waals surface area contributed by atoms with Gasteiger partial charge >= 0.3 is 0 Å². The molecule has 0 atom stereocenters. The molecule has 0 fully saturated rings. The van der Waals surface area contributed by atoms with E-state index in [4.69, 9.17) is 4.74 Å². The van der Waals surface area contributed by atoms with Crippen LogP contribution in [-0.4, -0.2) is 30.5 Å². The van der Waals surface area contributed by atoms with Crippen LogP contribution in [0, 0.1) is 13.8 Å². The average Bonchev–Trinajstić information content (AvgIpc) is 3.22. The maximum Gasteiger partial charge on any atom is 0.234 e. The van der Waals surface area contributed by atoms with Crippen LogP contribution in [0.25, 0.3) is 22.4 Å². The van der Waals surface area contributed by atoms with Gasteiger partial charge in [0, 0.05) is 37.0 Å². The predicted octanol–water partition coefficient (Wildman–Crippen LogP) is 5.26. The van der Waals surface area contributed by atoms with Crippen molar-refractivity contribution in [2.24, 2.45) is 7.05 Å². The molecule has 0 aliphatic heterocycles. The smallest absolute Gasteiger partial charge is 0.234 e. The van der Waals surface area contributed by atoms with Crippen LogP contribution >= 0.6 is 0 Å². The first-order valence-corrected chi connectivity index (χ1v) is 11.0. The van der Waals surface area contributed by atoms with E-state index < -0.39 is 0 Å². The Labute approximate surface area is 197 Å². The van der Waals surface area contributed by atoms with Gasteiger partial charge in [-0.3, -0.25) is 14.5 Å². The van der Waals surface area contributed by atoms with Crippen LogP contribution in [0.5, 0.6) is 11.6 Å². The summed E-state index contributed by atoms with van der Waals surface area (Å²) in [6.45, 7) is 3.94. The van der Waals surface area contributed by atoms with E-state index in [1.54, 1.807) is 23.3 Å². The topological polar surface area (TPSA) is 82.8 Å². The largest absolute Gasteiger partial charge is 0.438 e. The van der Waals surface area contributed by atoms with Gasteiger partial charge in [0.1, 0.15) is 11.1 Å². The molecule has 168 valence electrons. The molecule has 2 aromatic carbocycles. The lowest BCUT2D eigenvalue weighted by Crippen LogP contribution is -2.04. The molecule has 0 saturated carbocycles. The first-order valence-electron chi connectivity index (χ1n) is 11.0. The number of Topliss-reactive ketones (excluding diaryl/α,β-unsaturated/α-hetero) is 1. The number of aryl methyl sites for hydroxylation is 3. The minimum Gasteiger partial charge on any atom is -0.438 e. The summed E-state index contributed by atoms with van der Waals surface area (Å²) >= 11 is 0. The second-order valence-corrected chi connectivity index (χ2v) is 8.27. The first kappa shape index (κ1) is 21.5. The summed E-state index contributed by atoms with van der Waals surface area (Å²) in [7, 11) is 1.83. The Hall–Kier alpha value is -4.39. The maximum atomic E-state index is 12.8. The van der Waals surface area contributed by atoms with Crippen molar-refractivity contribution in [3.8, 4) is 23.0 Å². The molecular weight excluding hydrogens is 426 g/mol. The van der Waals surface area contributed by atoms with Crippen molar-refractivity contribution in [1.29, 1.82) is 0 Å². The Kier molecular flexibility index (Phi) is 5.59. The van der Waals surface area contributed by atoms with Gasteiger partial charge in [-0.1, -0.05) is 35.9 Å². The molecule has 34 heavy (non-hydrogen) atoms. The number of benzene rings is 2. The Bertz CT molecular complexity index is 1510. The van der Waals surface area contributed by atoms with Crippen molar-refractivity contribution in [3.63, 3.8) is 0 Å². The fourth-order valence-corrected chi connectivity index (χ4v) is 3.77. The third kappa shape index (κ3) is 4.28. The number of fused-ring (bicyclic) bond motifs is 1. The quantitative estimate of drug-likeness (QED) is 0.329. The number of aromatic nitrogens is 5. The van der Waals surface area contributed by atoms with Gasteiger partial charge < -0.3 is 4.74 Å². The molecule has 0 aliphatic carbocycles. The summed E-state index contributed by atoms with van der Waals surface area (Å²) in [6.07, 6.45) is 5.39. The van der Waals surface area contributed by atoms with Gasteiger partial charge in [-0.05, 0) is 49.2 Å². The van der Waals surface area contributed by atoms with E-state index in [1.165, 1.54) is 0 Å². The van der Waals surface area contributed by atoms with Crippen LogP contribution < -0.4 is 4.74 Å². The lowest BCUT2D eigenvalue weighted by Gasteiger charge is -2.12. The number of rotatable bonds is 6. The van der Waals surface area contributed by atoms with Crippen molar-refractivity contribution < 1.29 is 9.53 Å². The SMILES string of the molecule is Cc1cccc(C(=O)Cc2ccc(C)c(Oc3nc(-c4cccnc4)nc4c3cnn4C)c2)c1. The van der Waals surface area contributed by atoms with E-state index in [1.807, 2.05) is 75.5 Å². The van der Waals surface area contributed by atoms with Crippen molar-refractivity contribution in [2.75, 3.05) is 0 Å². The van der Waals surface area contributed by atoms with Gasteiger partial charge in [-0.15, -0.1) is 0 Å². The maximum absolute atomic E-state index is 12.8. The van der Waals surface area contributed by atoms with Gasteiger partial charge in [0.2, 0.25) is 5.88 Å². The number of carbonyl (C=O) groups is 1. The number of hydrogen-bond acceptors (Lipinski definition) is 6. The van der Waals surface area contributed by atoms with E-state index in [9.17, 15) is 4.79 Å². The van der Waals surface area contributed by atoms with Gasteiger partial charge in [-0.25, -0.2) is 4.98 Å². The second kappa shape index (κ2) is 8.86. The Morgan fingerprint density at radius 3 is 2.68 bits per heavy atom. The molecule has 0 saturated heterocycles. The van der Waals surface area contributed by atoms with E-state index in [0.717, 1.165) is 22.3 Å². The highest BCUT2D eigenvalue weighted by molar-refractivity contribution is 5.97. The number of hydrogen-bond donors (Lipinski definition) is 0. The molecule has 7 nitrogen and oxygen atoms in total. The van der Waals surface area contributed by atoms with Crippen LogP contribution in [0.2, 0.25) is 0 Å². The van der Waals surface area contributed by atoms with Crippen molar-refractivity contribution >= 4 is 16.8 Å². The van der Waals surface area contributed by atoms with Crippen molar-refractivity contribution in [1.82, 2.24) is 24.7 Å². The molecule has 0 bridgehead atoms. The van der Waals surface area contributed by atoms with Gasteiger partial charge in [0.25, 0.3) is 0 Å². The molecule has 0 aliphatic rings. The molecular formula is C27H23N5O2. The van der Waals surface area contributed by atoms with Crippen LogP contribution in [0.4, 0.5) is 0 Å². The van der Waals surface area contributed by atoms with Gasteiger partial charge in [-0.2, -0.15) is 10.1 Å². The molecule has 7 heteroatoms. The van der Waals surface area contributed by atoms with Gasteiger partial charge in [0.15, 0.2) is 17.3 Å². The number of nitrogens with zero attached hydrogens (tertiary/aromatic N) is 5. The van der Waals surface area contributed by atoms with E-state index in [-0.39, 0.29) is 12.2 Å². The third-order valence-electron chi connectivity index (χ3n) is 5.64. The van der Waals surface area contributed by atoms with Crippen LogP contribution in [-0.2, 0) is 13.5 Å². The van der Waals surface area contributed by atoms with Crippen LogP contribution in [0.3, 0.4) is 0 Å². The zero-order valence-electron chi connectivity index (χ0n) is 19.2. The molecule has 5 rings (SSSR count). The molecule has 5 aromatic rings. The highest BCUT2D eigenvalue weighted by Crippen LogP contribution is 2.32. The lowest BCUT2D eigenvalue weighted by molar-refractivity contribution is 0.0993. The first-order chi connectivity index (χ1) is 16.5. The van der Waals surface area contributed by atoms with E-state index >= 15 is 0 Å². The monoisotopic (exact) mass is 449 g/mol. The van der Waals surface area contributed by atoms with Crippen LogP contribution in [0.15, 0.2) is 73.2 Å². The normalized spacial score (nSPS) is 11.0. The minimum atomic E-state index is 0.0639. The summed E-state index contributed by atoms with van der Waals surface area (Å²) in [5, 5.41) is 5.03. The molecule has 0 N–H and O–H groups in total. The van der Waals surface area contributed by atoms with E-state index in [2.05, 4.69) is 20.1 Å². The van der Waals surface area contributed by atoms with E-state index in [0.29, 0.717) is 34.1 Å². The summed E-state index contributed by atoms with van der Waals surface area (Å²) in [4.78, 5) is 26.3. The van der Waals surface area contributed by atoms with Crippen molar-refractivity contribution in [2.45, 2.75) is 20.3 Å². The summed E-state index contributed by atoms with van der Waals surface area (Å²) in [5.41, 5.74) is 5.02. The lowest BCUT2D eigenvalue weighted by atomic mass is 10.0. The molecule has 0 radical (unpaired) electrons. The average molecular weight is 450 g/mol. The van der Waals surface area contributed by atoms with Gasteiger partial charge in [0.05, 0.1) is 6.20 Å². The minimum absolute atomic E-state index is 0.0639. The molecule has 0 amide bonds. The summed E-state index contributed by atoms with van der Waals surface area (Å²) in [6, 6.07) is 17.2. The number of pyridine rings is 1. The fourth-order valence-electron chi connectivity index (χ4n) is 3.77. The second-order valence-electron chi connectivity index (χ2n) is 8.27. The molecule has 0 unspecified atom stereocenters. The summed E-state index contributed by atoms with van der Waals surface area (Å²) < 4.78 is 8.00. The molecule has 3 aromatic heterocycles. The standard InChI is InChI=1S/C27H23N5O2/c1-17-6-4-7-20(12-17)23(33)13-19-10-9-18(2)24(14-19)34-27-22-16-29-32(3)26(22)30-25(31-27)21-8-5-11-28-15-21/h4-12,14-16H,13H2,1-3H3. The Morgan fingerprint density at radius 2 is 1.88 bits per heavy atom. The third-order valence-corrected chi connectivity index (χ3v) is 5.64. The number of carbonyl (C=O) groups excluding carboxylic acids is 1. The predicted molar refractivity (Wildman–Crippen MR) is 130 cm³/mol. The fraction of sp³-hybridized carbons (Fsp3) is 0.148. The number of ketones is 1. The van der Waals surface area contributed by atoms with Crippen LogP contribution in [0.1, 0.15) is 27.0 Å². The Balaban J connectivity index is 1.50. The zero-order chi connectivity index (χ0) is 23.7. The number of ether oxygens (including phenoxy) is 1. The highest BCUT2D eigenvalue weighted by atomic mass is 16.5. The molecule has 0 spiro atoms. The van der Waals surface area contributed by atoms with Crippen molar-refractivity contribution in [3.05, 3.63) is 95.4 Å². The summed E-state index contributed by atoms with van der Waals surface area (Å²) in [5.74, 6) is 1.61.